The molecule has 0 spiro atoms. The SMILES string of the molecule is CC(=O)c1ccc(C#N)cc1N1CCN(Cc2csc(-c3ccccc3)n2)CC1. The van der Waals surface area contributed by atoms with Crippen LogP contribution in [0.15, 0.2) is 53.9 Å². The fourth-order valence-electron chi connectivity index (χ4n) is 3.63. The van der Waals surface area contributed by atoms with Crippen LogP contribution in [0.5, 0.6) is 0 Å². The summed E-state index contributed by atoms with van der Waals surface area (Å²) in [6, 6.07) is 17.7. The molecule has 0 unspecified atom stereocenters. The summed E-state index contributed by atoms with van der Waals surface area (Å²) in [5.74, 6) is 0.0304. The van der Waals surface area contributed by atoms with Gasteiger partial charge in [0.2, 0.25) is 0 Å². The predicted molar refractivity (Wildman–Crippen MR) is 116 cm³/mol. The number of thiazole rings is 1. The average Bonchev–Trinajstić information content (AvgIpc) is 3.23. The van der Waals surface area contributed by atoms with Gasteiger partial charge in [-0.1, -0.05) is 30.3 Å². The van der Waals surface area contributed by atoms with Gasteiger partial charge in [0.25, 0.3) is 0 Å². The highest BCUT2D eigenvalue weighted by molar-refractivity contribution is 7.13. The molecule has 2 aromatic carbocycles. The van der Waals surface area contributed by atoms with Crippen LogP contribution in [0.3, 0.4) is 0 Å². The molecule has 0 saturated carbocycles. The second-order valence-electron chi connectivity index (χ2n) is 7.17. The average molecular weight is 403 g/mol. The maximum absolute atomic E-state index is 12.0. The van der Waals surface area contributed by atoms with Crippen LogP contribution in [0.4, 0.5) is 5.69 Å². The molecule has 29 heavy (non-hydrogen) atoms. The van der Waals surface area contributed by atoms with Crippen molar-refractivity contribution in [3.8, 4) is 16.6 Å². The predicted octanol–water partition coefficient (Wildman–Crippen LogP) is 4.21. The van der Waals surface area contributed by atoms with Crippen LogP contribution in [0, 0.1) is 11.3 Å². The van der Waals surface area contributed by atoms with Crippen molar-refractivity contribution in [1.82, 2.24) is 9.88 Å². The third-order valence-electron chi connectivity index (χ3n) is 5.18. The van der Waals surface area contributed by atoms with Crippen LogP contribution < -0.4 is 4.90 Å². The molecule has 0 aliphatic carbocycles. The normalized spacial score (nSPS) is 14.6. The molecule has 4 rings (SSSR count). The van der Waals surface area contributed by atoms with E-state index in [1.54, 1.807) is 30.4 Å². The molecule has 0 bridgehead atoms. The van der Waals surface area contributed by atoms with Crippen molar-refractivity contribution in [3.63, 3.8) is 0 Å². The molecule has 0 atom stereocenters. The summed E-state index contributed by atoms with van der Waals surface area (Å²) in [6.07, 6.45) is 0. The van der Waals surface area contributed by atoms with Crippen molar-refractivity contribution >= 4 is 22.8 Å². The first-order chi connectivity index (χ1) is 14.1. The van der Waals surface area contributed by atoms with Gasteiger partial charge in [-0.15, -0.1) is 11.3 Å². The zero-order valence-electron chi connectivity index (χ0n) is 16.3. The van der Waals surface area contributed by atoms with Gasteiger partial charge in [-0.05, 0) is 25.1 Å². The Bertz CT molecular complexity index is 1050. The molecule has 6 heteroatoms. The van der Waals surface area contributed by atoms with Crippen LogP contribution in [0.2, 0.25) is 0 Å². The first kappa shape index (κ1) is 19.3. The summed E-state index contributed by atoms with van der Waals surface area (Å²) in [7, 11) is 0. The monoisotopic (exact) mass is 402 g/mol. The van der Waals surface area contributed by atoms with E-state index in [4.69, 9.17) is 4.98 Å². The fraction of sp³-hybridized carbons (Fsp3) is 0.261. The summed E-state index contributed by atoms with van der Waals surface area (Å²) in [5.41, 5.74) is 4.39. The summed E-state index contributed by atoms with van der Waals surface area (Å²) in [5, 5.41) is 12.4. The van der Waals surface area contributed by atoms with Gasteiger partial charge in [0.1, 0.15) is 5.01 Å². The molecule has 1 aliphatic heterocycles. The van der Waals surface area contributed by atoms with Crippen LogP contribution in [-0.4, -0.2) is 41.8 Å². The molecular weight excluding hydrogens is 380 g/mol. The number of carbonyl (C=O) groups is 1. The van der Waals surface area contributed by atoms with Crippen molar-refractivity contribution in [2.75, 3.05) is 31.1 Å². The number of Topliss-reactive ketones (excluding diaryl/α,β-unsaturated/α-hetero) is 1. The third kappa shape index (κ3) is 4.37. The number of hydrogen-bond donors (Lipinski definition) is 0. The molecule has 1 fully saturated rings. The van der Waals surface area contributed by atoms with Gasteiger partial charge in [-0.2, -0.15) is 5.26 Å². The lowest BCUT2D eigenvalue weighted by Crippen LogP contribution is -2.46. The molecule has 5 nitrogen and oxygen atoms in total. The molecule has 1 aliphatic rings. The fourth-order valence-corrected chi connectivity index (χ4v) is 4.45. The van der Waals surface area contributed by atoms with Crippen molar-refractivity contribution in [2.24, 2.45) is 0 Å². The number of anilines is 1. The molecule has 1 saturated heterocycles. The maximum Gasteiger partial charge on any atom is 0.161 e. The number of nitrogens with zero attached hydrogens (tertiary/aromatic N) is 4. The Morgan fingerprint density at radius 2 is 1.90 bits per heavy atom. The molecule has 0 N–H and O–H groups in total. The highest BCUT2D eigenvalue weighted by Gasteiger charge is 2.21. The standard InChI is InChI=1S/C23H22N4OS/c1-17(28)21-8-7-18(14-24)13-22(21)27-11-9-26(10-12-27)15-20-16-29-23(25-20)19-5-3-2-4-6-19/h2-8,13,16H,9-12,15H2,1H3. The molecule has 0 radical (unpaired) electrons. The zero-order valence-corrected chi connectivity index (χ0v) is 17.2. The van der Waals surface area contributed by atoms with Crippen molar-refractivity contribution in [1.29, 1.82) is 5.26 Å². The van der Waals surface area contributed by atoms with Crippen LogP contribution in [0.1, 0.15) is 28.5 Å². The van der Waals surface area contributed by atoms with E-state index in [1.165, 1.54) is 0 Å². The minimum atomic E-state index is 0.0304. The van der Waals surface area contributed by atoms with E-state index in [2.05, 4.69) is 33.4 Å². The van der Waals surface area contributed by atoms with E-state index in [0.29, 0.717) is 11.1 Å². The van der Waals surface area contributed by atoms with E-state index in [-0.39, 0.29) is 5.78 Å². The summed E-state index contributed by atoms with van der Waals surface area (Å²) >= 11 is 1.68. The number of hydrogen-bond acceptors (Lipinski definition) is 6. The van der Waals surface area contributed by atoms with Gasteiger partial charge in [-0.25, -0.2) is 4.98 Å². The molecule has 1 aromatic heterocycles. The van der Waals surface area contributed by atoms with Gasteiger partial charge in [0, 0.05) is 54.9 Å². The lowest BCUT2D eigenvalue weighted by Gasteiger charge is -2.36. The maximum atomic E-state index is 12.0. The second-order valence-corrected chi connectivity index (χ2v) is 8.03. The van der Waals surface area contributed by atoms with E-state index in [1.807, 2.05) is 24.3 Å². The third-order valence-corrected chi connectivity index (χ3v) is 6.12. The van der Waals surface area contributed by atoms with E-state index in [9.17, 15) is 10.1 Å². The van der Waals surface area contributed by atoms with E-state index < -0.39 is 0 Å². The highest BCUT2D eigenvalue weighted by atomic mass is 32.1. The first-order valence-electron chi connectivity index (χ1n) is 9.66. The summed E-state index contributed by atoms with van der Waals surface area (Å²) in [4.78, 5) is 21.4. The number of ketones is 1. The molecular formula is C23H22N4OS. The van der Waals surface area contributed by atoms with Gasteiger partial charge in [0.15, 0.2) is 5.78 Å². The Kier molecular flexibility index (Phi) is 5.70. The number of piperazine rings is 1. The van der Waals surface area contributed by atoms with Crippen LogP contribution >= 0.6 is 11.3 Å². The van der Waals surface area contributed by atoms with Gasteiger partial charge >= 0.3 is 0 Å². The van der Waals surface area contributed by atoms with Crippen LogP contribution in [-0.2, 0) is 6.54 Å². The number of carbonyl (C=O) groups excluding carboxylic acids is 1. The summed E-state index contributed by atoms with van der Waals surface area (Å²) < 4.78 is 0. The Morgan fingerprint density at radius 1 is 1.14 bits per heavy atom. The zero-order chi connectivity index (χ0) is 20.2. The smallest absolute Gasteiger partial charge is 0.161 e. The first-order valence-corrected chi connectivity index (χ1v) is 10.5. The Morgan fingerprint density at radius 3 is 2.59 bits per heavy atom. The van der Waals surface area contributed by atoms with Crippen molar-refractivity contribution in [2.45, 2.75) is 13.5 Å². The number of aromatic nitrogens is 1. The second kappa shape index (κ2) is 8.56. The van der Waals surface area contributed by atoms with E-state index >= 15 is 0 Å². The Labute approximate surface area is 174 Å². The largest absolute Gasteiger partial charge is 0.368 e. The molecule has 3 aromatic rings. The molecule has 2 heterocycles. The van der Waals surface area contributed by atoms with Crippen LogP contribution in [0.25, 0.3) is 10.6 Å². The van der Waals surface area contributed by atoms with Gasteiger partial charge < -0.3 is 4.90 Å². The highest BCUT2D eigenvalue weighted by Crippen LogP contribution is 2.26. The van der Waals surface area contributed by atoms with E-state index in [0.717, 1.165) is 54.7 Å². The Hall–Kier alpha value is -3.01. The minimum absolute atomic E-state index is 0.0304. The summed E-state index contributed by atoms with van der Waals surface area (Å²) in [6.45, 7) is 5.84. The molecule has 146 valence electrons. The van der Waals surface area contributed by atoms with Crippen molar-refractivity contribution in [3.05, 3.63) is 70.7 Å². The minimum Gasteiger partial charge on any atom is -0.368 e. The topological polar surface area (TPSA) is 60.2 Å². The number of benzene rings is 2. The number of rotatable bonds is 5. The quantitative estimate of drug-likeness (QED) is 0.599. The van der Waals surface area contributed by atoms with Gasteiger partial charge in [0.05, 0.1) is 17.3 Å². The lowest BCUT2D eigenvalue weighted by atomic mass is 10.0. The van der Waals surface area contributed by atoms with Crippen molar-refractivity contribution < 1.29 is 4.79 Å². The molecule has 0 amide bonds. The lowest BCUT2D eigenvalue weighted by molar-refractivity contribution is 0.101. The Balaban J connectivity index is 1.41. The number of nitriles is 1. The van der Waals surface area contributed by atoms with Gasteiger partial charge in [-0.3, -0.25) is 9.69 Å².